The molecule has 0 aliphatic heterocycles. The van der Waals surface area contributed by atoms with Gasteiger partial charge in [0.25, 0.3) is 0 Å². The molecule has 2 N–H and O–H groups in total. The van der Waals surface area contributed by atoms with Crippen molar-refractivity contribution in [3.05, 3.63) is 0 Å². The molecule has 5 fully saturated rings. The molecule has 4 nitrogen and oxygen atoms in total. The summed E-state index contributed by atoms with van der Waals surface area (Å²) < 4.78 is 0. The lowest BCUT2D eigenvalue weighted by Crippen LogP contribution is -2.51. The van der Waals surface area contributed by atoms with Gasteiger partial charge in [-0.3, -0.25) is 9.59 Å². The summed E-state index contributed by atoms with van der Waals surface area (Å²) in [5, 5.41) is 12.0. The Morgan fingerprint density at radius 1 is 0.950 bits per heavy atom. The van der Waals surface area contributed by atoms with Crippen LogP contribution in [-0.4, -0.2) is 23.5 Å². The number of carboxylic acid groups (broad SMARTS) is 1. The summed E-state index contributed by atoms with van der Waals surface area (Å²) in [6.07, 6.45) is 8.62. The first-order valence-electron chi connectivity index (χ1n) is 8.05. The van der Waals surface area contributed by atoms with Crippen molar-refractivity contribution in [1.29, 1.82) is 0 Å². The van der Waals surface area contributed by atoms with Crippen LogP contribution < -0.4 is 5.32 Å². The lowest BCUT2D eigenvalue weighted by molar-refractivity contribution is -0.140. The highest BCUT2D eigenvalue weighted by atomic mass is 16.4. The molecule has 5 rings (SSSR count). The second-order valence-corrected chi connectivity index (χ2v) is 7.92. The molecule has 4 heteroatoms. The zero-order valence-electron chi connectivity index (χ0n) is 11.8. The minimum absolute atomic E-state index is 0.0202. The number of carbonyl (C=O) groups is 2. The topological polar surface area (TPSA) is 66.4 Å². The van der Waals surface area contributed by atoms with E-state index in [0.29, 0.717) is 11.8 Å². The molecule has 110 valence electrons. The highest BCUT2D eigenvalue weighted by Gasteiger charge is 2.52. The van der Waals surface area contributed by atoms with Crippen molar-refractivity contribution in [1.82, 2.24) is 5.32 Å². The van der Waals surface area contributed by atoms with Crippen molar-refractivity contribution in [2.24, 2.45) is 35.0 Å². The molecule has 20 heavy (non-hydrogen) atoms. The van der Waals surface area contributed by atoms with Gasteiger partial charge in [-0.2, -0.15) is 0 Å². The molecule has 0 radical (unpaired) electrons. The number of amides is 1. The van der Waals surface area contributed by atoms with Crippen LogP contribution in [0.4, 0.5) is 0 Å². The number of carboxylic acids is 1. The van der Waals surface area contributed by atoms with Gasteiger partial charge in [0.05, 0.1) is 11.8 Å². The van der Waals surface area contributed by atoms with Crippen molar-refractivity contribution in [3.63, 3.8) is 0 Å². The Bertz CT molecular complexity index is 423. The number of nitrogens with one attached hydrogen (secondary N) is 1. The molecule has 5 aliphatic carbocycles. The first-order valence-corrected chi connectivity index (χ1v) is 8.05. The molecule has 1 amide bonds. The van der Waals surface area contributed by atoms with E-state index < -0.39 is 11.9 Å². The van der Waals surface area contributed by atoms with Gasteiger partial charge in [0.15, 0.2) is 0 Å². The summed E-state index contributed by atoms with van der Waals surface area (Å²) in [7, 11) is 0. The maximum Gasteiger partial charge on any atom is 0.307 e. The number of hydrogen-bond acceptors (Lipinski definition) is 2. The molecule has 0 aromatic rings. The van der Waals surface area contributed by atoms with Crippen LogP contribution in [0.15, 0.2) is 0 Å². The van der Waals surface area contributed by atoms with Gasteiger partial charge in [-0.1, -0.05) is 0 Å². The van der Waals surface area contributed by atoms with E-state index in [1.54, 1.807) is 0 Å². The SMILES string of the molecule is O=C(O)[C@H]1C[C@H]1C(=O)NCC12CC3CC(CC(C3)C1)C2. The van der Waals surface area contributed by atoms with Gasteiger partial charge in [0.1, 0.15) is 0 Å². The zero-order chi connectivity index (χ0) is 13.9. The predicted octanol–water partition coefficient (Wildman–Crippen LogP) is 2.04. The molecule has 0 unspecified atom stereocenters. The third-order valence-corrected chi connectivity index (χ3v) is 6.25. The molecular weight excluding hydrogens is 254 g/mol. The van der Waals surface area contributed by atoms with Crippen molar-refractivity contribution in [3.8, 4) is 0 Å². The summed E-state index contributed by atoms with van der Waals surface area (Å²) in [5.74, 6) is 1.16. The molecule has 2 atom stereocenters. The maximum atomic E-state index is 12.0. The van der Waals surface area contributed by atoms with Gasteiger partial charge in [-0.25, -0.2) is 0 Å². The fraction of sp³-hybridized carbons (Fsp3) is 0.875. The van der Waals surface area contributed by atoms with E-state index in [0.717, 1.165) is 24.3 Å². The highest BCUT2D eigenvalue weighted by molar-refractivity contribution is 5.89. The van der Waals surface area contributed by atoms with E-state index in [2.05, 4.69) is 5.32 Å². The Morgan fingerprint density at radius 3 is 1.95 bits per heavy atom. The van der Waals surface area contributed by atoms with Crippen molar-refractivity contribution in [2.45, 2.75) is 44.9 Å². The third kappa shape index (κ3) is 2.04. The quantitative estimate of drug-likeness (QED) is 0.826. The van der Waals surface area contributed by atoms with E-state index in [-0.39, 0.29) is 11.8 Å². The number of aliphatic carboxylic acids is 1. The fourth-order valence-corrected chi connectivity index (χ4v) is 5.67. The second-order valence-electron chi connectivity index (χ2n) is 7.92. The second kappa shape index (κ2) is 4.22. The van der Waals surface area contributed by atoms with Crippen LogP contribution in [0.3, 0.4) is 0 Å². The van der Waals surface area contributed by atoms with Gasteiger partial charge >= 0.3 is 5.97 Å². The average Bonchev–Trinajstić information content (AvgIpc) is 3.14. The first-order chi connectivity index (χ1) is 9.55. The molecule has 0 aromatic heterocycles. The fourth-order valence-electron chi connectivity index (χ4n) is 5.67. The standard InChI is InChI=1S/C16H23NO3/c18-14(12-4-13(12)15(19)20)17-8-16-5-9-1-10(6-16)3-11(2-9)7-16/h9-13H,1-8H2,(H,17,18)(H,19,20)/t9?,10?,11?,12-,13+,16?/m1/s1. The monoisotopic (exact) mass is 277 g/mol. The average molecular weight is 277 g/mol. The Hall–Kier alpha value is -1.06. The minimum Gasteiger partial charge on any atom is -0.481 e. The molecule has 5 saturated carbocycles. The van der Waals surface area contributed by atoms with Crippen LogP contribution in [0, 0.1) is 35.0 Å². The van der Waals surface area contributed by atoms with Gasteiger partial charge in [-0.15, -0.1) is 0 Å². The Morgan fingerprint density at radius 2 is 1.50 bits per heavy atom. The van der Waals surface area contributed by atoms with E-state index in [1.807, 2.05) is 0 Å². The van der Waals surface area contributed by atoms with E-state index in [1.165, 1.54) is 38.5 Å². The van der Waals surface area contributed by atoms with Crippen LogP contribution in [0.25, 0.3) is 0 Å². The maximum absolute atomic E-state index is 12.0. The summed E-state index contributed by atoms with van der Waals surface area (Å²) in [6.45, 7) is 0.790. The van der Waals surface area contributed by atoms with Gasteiger partial charge in [-0.05, 0) is 68.1 Å². The molecule has 0 saturated heterocycles. The smallest absolute Gasteiger partial charge is 0.307 e. The van der Waals surface area contributed by atoms with Crippen LogP contribution in [0.5, 0.6) is 0 Å². The lowest BCUT2D eigenvalue weighted by atomic mass is 9.49. The van der Waals surface area contributed by atoms with Crippen molar-refractivity contribution in [2.75, 3.05) is 6.54 Å². The predicted molar refractivity (Wildman–Crippen MR) is 72.8 cm³/mol. The summed E-state index contributed by atoms with van der Waals surface area (Å²) >= 11 is 0. The van der Waals surface area contributed by atoms with Gasteiger partial charge in [0, 0.05) is 6.54 Å². The van der Waals surface area contributed by atoms with Crippen LogP contribution in [-0.2, 0) is 9.59 Å². The number of hydrogen-bond donors (Lipinski definition) is 2. The van der Waals surface area contributed by atoms with E-state index in [9.17, 15) is 9.59 Å². The Labute approximate surface area is 119 Å². The third-order valence-electron chi connectivity index (χ3n) is 6.25. The Kier molecular flexibility index (Phi) is 2.67. The highest BCUT2D eigenvalue weighted by Crippen LogP contribution is 2.59. The van der Waals surface area contributed by atoms with Crippen LogP contribution in [0.1, 0.15) is 44.9 Å². The van der Waals surface area contributed by atoms with Gasteiger partial charge in [0.2, 0.25) is 5.91 Å². The summed E-state index contributed by atoms with van der Waals surface area (Å²) in [4.78, 5) is 22.9. The molecule has 5 aliphatic rings. The minimum atomic E-state index is -0.819. The van der Waals surface area contributed by atoms with Crippen molar-refractivity contribution < 1.29 is 14.7 Å². The van der Waals surface area contributed by atoms with Gasteiger partial charge < -0.3 is 10.4 Å². The lowest BCUT2D eigenvalue weighted by Gasteiger charge is -2.56. The first kappa shape index (κ1) is 12.7. The zero-order valence-corrected chi connectivity index (χ0v) is 11.8. The molecular formula is C16H23NO3. The summed E-state index contributed by atoms with van der Waals surface area (Å²) in [5.41, 5.74) is 0.345. The van der Waals surface area contributed by atoms with Crippen LogP contribution >= 0.6 is 0 Å². The summed E-state index contributed by atoms with van der Waals surface area (Å²) in [6, 6.07) is 0. The molecule has 0 aromatic carbocycles. The van der Waals surface area contributed by atoms with E-state index in [4.69, 9.17) is 5.11 Å². The normalized spacial score (nSPS) is 48.1. The van der Waals surface area contributed by atoms with Crippen LogP contribution in [0.2, 0.25) is 0 Å². The molecule has 4 bridgehead atoms. The number of rotatable bonds is 4. The van der Waals surface area contributed by atoms with E-state index >= 15 is 0 Å². The molecule has 0 heterocycles. The largest absolute Gasteiger partial charge is 0.481 e. The molecule has 0 spiro atoms. The number of carbonyl (C=O) groups excluding carboxylic acids is 1. The van der Waals surface area contributed by atoms with Crippen molar-refractivity contribution >= 4 is 11.9 Å². The Balaban J connectivity index is 1.36.